The van der Waals surface area contributed by atoms with Crippen molar-refractivity contribution in [1.29, 1.82) is 10.8 Å². The number of carbonyl (C=O) groups is 1. The normalized spacial score (nSPS) is 10.9. The number of nitrogens with two attached hydrogens (primary N) is 1. The number of pyridine rings is 1. The summed E-state index contributed by atoms with van der Waals surface area (Å²) in [6.07, 6.45) is 2.44. The molecule has 0 saturated carbocycles. The highest BCUT2D eigenvalue weighted by atomic mass is 19.1. The fraction of sp³-hybridized carbons (Fsp3) is 0.211. The van der Waals surface area contributed by atoms with Crippen molar-refractivity contribution in [2.24, 2.45) is 4.99 Å². The third kappa shape index (κ3) is 4.56. The van der Waals surface area contributed by atoms with Crippen molar-refractivity contribution >= 4 is 35.8 Å². The zero-order valence-corrected chi connectivity index (χ0v) is 15.8. The Morgan fingerprint density at radius 3 is 2.71 bits per heavy atom. The topological polar surface area (TPSA) is 131 Å². The molecule has 0 fully saturated rings. The number of hydrogen-bond acceptors (Lipinski definition) is 6. The number of rotatable bonds is 6. The number of carbonyl (C=O) groups excluding carboxylic acids is 1. The number of amides is 1. The molecular weight excluding hydrogens is 361 g/mol. The molecule has 0 radical (unpaired) electrons. The molecule has 8 nitrogen and oxygen atoms in total. The van der Waals surface area contributed by atoms with E-state index < -0.39 is 11.7 Å². The smallest absolute Gasteiger partial charge is 0.259 e. The van der Waals surface area contributed by atoms with Crippen molar-refractivity contribution in [2.75, 3.05) is 18.1 Å². The number of nitrogen functional groups attached to an aromatic ring is 1. The molecule has 1 amide bonds. The summed E-state index contributed by atoms with van der Waals surface area (Å²) in [4.78, 5) is 21.9. The molecule has 146 valence electrons. The second-order valence-corrected chi connectivity index (χ2v) is 6.19. The number of amidine groups is 1. The lowest BCUT2D eigenvalue weighted by Gasteiger charge is -2.23. The molecule has 0 aliphatic carbocycles. The molecule has 0 aliphatic heterocycles. The Kier molecular flexibility index (Phi) is 6.54. The minimum absolute atomic E-state index is 0.0136. The molecule has 0 bridgehead atoms. The van der Waals surface area contributed by atoms with E-state index >= 15 is 0 Å². The number of benzene rings is 1. The third-order valence-electron chi connectivity index (χ3n) is 3.87. The predicted octanol–water partition coefficient (Wildman–Crippen LogP) is 2.75. The monoisotopic (exact) mass is 383 g/mol. The van der Waals surface area contributed by atoms with Gasteiger partial charge in [0.2, 0.25) is 0 Å². The van der Waals surface area contributed by atoms with Gasteiger partial charge >= 0.3 is 0 Å². The van der Waals surface area contributed by atoms with E-state index in [4.69, 9.17) is 16.6 Å². The summed E-state index contributed by atoms with van der Waals surface area (Å²) in [7, 11) is 1.53. The Morgan fingerprint density at radius 1 is 1.39 bits per heavy atom. The van der Waals surface area contributed by atoms with Crippen molar-refractivity contribution in [3.05, 3.63) is 53.0 Å². The molecule has 5 N–H and O–H groups in total. The molecule has 0 atom stereocenters. The number of nitrogens with one attached hydrogen (secondary N) is 3. The Balaban J connectivity index is 2.27. The minimum Gasteiger partial charge on any atom is -0.398 e. The highest BCUT2D eigenvalue weighted by Gasteiger charge is 2.17. The van der Waals surface area contributed by atoms with Crippen molar-refractivity contribution in [1.82, 2.24) is 9.88 Å². The molecule has 0 saturated heterocycles. The molecule has 1 aromatic heterocycles. The molecular formula is C19H22FN7O. The molecule has 0 spiro atoms. The highest BCUT2D eigenvalue weighted by Crippen LogP contribution is 2.18. The van der Waals surface area contributed by atoms with Crippen LogP contribution in [0.3, 0.4) is 0 Å². The van der Waals surface area contributed by atoms with E-state index in [9.17, 15) is 9.18 Å². The second-order valence-electron chi connectivity index (χ2n) is 6.19. The molecule has 28 heavy (non-hydrogen) atoms. The maximum atomic E-state index is 14.3. The summed E-state index contributed by atoms with van der Waals surface area (Å²) in [6, 6.07) is 7.00. The van der Waals surface area contributed by atoms with Crippen LogP contribution in [0.5, 0.6) is 0 Å². The average molecular weight is 383 g/mol. The van der Waals surface area contributed by atoms with Crippen molar-refractivity contribution in [3.8, 4) is 0 Å². The molecule has 0 aliphatic rings. The summed E-state index contributed by atoms with van der Waals surface area (Å²) in [5, 5.41) is 18.1. The second kappa shape index (κ2) is 8.85. The number of halogens is 1. The maximum Gasteiger partial charge on any atom is 0.259 e. The third-order valence-corrected chi connectivity index (χ3v) is 3.87. The predicted molar refractivity (Wildman–Crippen MR) is 109 cm³/mol. The van der Waals surface area contributed by atoms with Gasteiger partial charge in [-0.25, -0.2) is 9.37 Å². The van der Waals surface area contributed by atoms with Gasteiger partial charge in [0, 0.05) is 30.6 Å². The lowest BCUT2D eigenvalue weighted by atomic mass is 10.1. The summed E-state index contributed by atoms with van der Waals surface area (Å²) in [6.45, 7) is 3.68. The van der Waals surface area contributed by atoms with Crippen LogP contribution in [0.1, 0.15) is 35.5 Å². The van der Waals surface area contributed by atoms with E-state index in [1.807, 2.05) is 13.8 Å². The molecule has 9 heteroatoms. The first-order valence-electron chi connectivity index (χ1n) is 8.46. The van der Waals surface area contributed by atoms with Gasteiger partial charge in [0.05, 0.1) is 11.9 Å². The van der Waals surface area contributed by atoms with E-state index in [1.165, 1.54) is 30.3 Å². The standard InChI is InChI=1S/C19H22FN7O/c1-11(2)27(10-21)18(23)16-5-4-6-17(25-16)26-19(28)13-8-15(22)12(9-24-3)7-14(13)20/h4-11,21,23H,22H2,1-3H3,(H,25,26,28). The van der Waals surface area contributed by atoms with Gasteiger partial charge < -0.3 is 16.0 Å². The van der Waals surface area contributed by atoms with Gasteiger partial charge in [-0.05, 0) is 38.1 Å². The number of aromatic nitrogens is 1. The van der Waals surface area contributed by atoms with Crippen LogP contribution in [0, 0.1) is 16.6 Å². The van der Waals surface area contributed by atoms with Gasteiger partial charge in [0.1, 0.15) is 17.3 Å². The fourth-order valence-corrected chi connectivity index (χ4v) is 2.45. The largest absolute Gasteiger partial charge is 0.398 e. The molecule has 1 heterocycles. The fourth-order valence-electron chi connectivity index (χ4n) is 2.45. The van der Waals surface area contributed by atoms with Crippen LogP contribution < -0.4 is 11.1 Å². The van der Waals surface area contributed by atoms with E-state index in [1.54, 1.807) is 12.1 Å². The SMILES string of the molecule is CN=Cc1cc(F)c(C(=O)Nc2cccc(C(=N)N(C=N)C(C)C)n2)cc1N. The van der Waals surface area contributed by atoms with Gasteiger partial charge in [-0.15, -0.1) is 0 Å². The van der Waals surface area contributed by atoms with Gasteiger partial charge in [0.15, 0.2) is 5.84 Å². The first kappa shape index (κ1) is 20.7. The minimum atomic E-state index is -0.736. The Morgan fingerprint density at radius 2 is 2.11 bits per heavy atom. The van der Waals surface area contributed by atoms with Crippen LogP contribution in [0.15, 0.2) is 35.3 Å². The quantitative estimate of drug-likeness (QED) is 0.347. The Bertz CT molecular complexity index is 940. The number of anilines is 2. The average Bonchev–Trinajstić information content (AvgIpc) is 2.65. The van der Waals surface area contributed by atoms with Crippen LogP contribution in [0.25, 0.3) is 0 Å². The van der Waals surface area contributed by atoms with Crippen molar-refractivity contribution in [3.63, 3.8) is 0 Å². The van der Waals surface area contributed by atoms with Gasteiger partial charge in [-0.2, -0.15) is 0 Å². The zero-order chi connectivity index (χ0) is 20.8. The first-order valence-corrected chi connectivity index (χ1v) is 8.46. The summed E-state index contributed by atoms with van der Waals surface area (Å²) >= 11 is 0. The van der Waals surface area contributed by atoms with Crippen LogP contribution in [0.2, 0.25) is 0 Å². The highest BCUT2D eigenvalue weighted by molar-refractivity contribution is 6.06. The maximum absolute atomic E-state index is 14.3. The van der Waals surface area contributed by atoms with Crippen molar-refractivity contribution in [2.45, 2.75) is 19.9 Å². The van der Waals surface area contributed by atoms with Crippen LogP contribution in [-0.2, 0) is 0 Å². The molecule has 2 aromatic rings. The first-order chi connectivity index (χ1) is 13.3. The number of hydrogen-bond donors (Lipinski definition) is 4. The van der Waals surface area contributed by atoms with Gasteiger partial charge in [0.25, 0.3) is 5.91 Å². The van der Waals surface area contributed by atoms with E-state index in [0.717, 1.165) is 12.4 Å². The Labute approximate surface area is 162 Å². The van der Waals surface area contributed by atoms with Crippen molar-refractivity contribution < 1.29 is 9.18 Å². The van der Waals surface area contributed by atoms with Gasteiger partial charge in [-0.1, -0.05) is 6.07 Å². The Hall–Kier alpha value is -3.62. The van der Waals surface area contributed by atoms with E-state index in [2.05, 4.69) is 15.3 Å². The number of nitrogens with zero attached hydrogens (tertiary/aromatic N) is 3. The molecule has 1 aromatic carbocycles. The molecule has 0 unspecified atom stereocenters. The zero-order valence-electron chi connectivity index (χ0n) is 15.8. The number of aliphatic imine (C=N–C) groups is 1. The van der Waals surface area contributed by atoms with Gasteiger partial charge in [-0.3, -0.25) is 20.6 Å². The summed E-state index contributed by atoms with van der Waals surface area (Å²) in [5.41, 5.74) is 6.48. The lowest BCUT2D eigenvalue weighted by molar-refractivity contribution is 0.102. The van der Waals surface area contributed by atoms with E-state index in [0.29, 0.717) is 5.56 Å². The van der Waals surface area contributed by atoms with E-state index in [-0.39, 0.29) is 34.6 Å². The lowest BCUT2D eigenvalue weighted by Crippen LogP contribution is -2.36. The molecule has 2 rings (SSSR count). The van der Waals surface area contributed by atoms with Crippen LogP contribution >= 0.6 is 0 Å². The van der Waals surface area contributed by atoms with Crippen LogP contribution in [0.4, 0.5) is 15.9 Å². The summed E-state index contributed by atoms with van der Waals surface area (Å²) in [5.74, 6) is -1.29. The summed E-state index contributed by atoms with van der Waals surface area (Å²) < 4.78 is 14.3. The van der Waals surface area contributed by atoms with Crippen LogP contribution in [-0.4, -0.2) is 47.3 Å².